The summed E-state index contributed by atoms with van der Waals surface area (Å²) in [5, 5.41) is 0. The monoisotopic (exact) mass is 390 g/mol. The van der Waals surface area contributed by atoms with Crippen LogP contribution in [0.3, 0.4) is 0 Å². The van der Waals surface area contributed by atoms with Gasteiger partial charge in [-0.3, -0.25) is 0 Å². The molecule has 0 N–H and O–H groups in total. The molecule has 1 aliphatic rings. The molecule has 0 unspecified atom stereocenters. The predicted octanol–water partition coefficient (Wildman–Crippen LogP) is 6.46. The third kappa shape index (κ3) is 6.20. The number of hydrogen-bond donors (Lipinski definition) is 0. The Morgan fingerprint density at radius 1 is 1.14 bits per heavy atom. The summed E-state index contributed by atoms with van der Waals surface area (Å²) in [4.78, 5) is 0. The molecule has 29 heavy (non-hydrogen) atoms. The lowest BCUT2D eigenvalue weighted by atomic mass is 9.73. The van der Waals surface area contributed by atoms with Gasteiger partial charge in [-0.25, -0.2) is 0 Å². The van der Waals surface area contributed by atoms with E-state index in [0.29, 0.717) is 5.92 Å². The van der Waals surface area contributed by atoms with E-state index in [-0.39, 0.29) is 19.1 Å². The van der Waals surface area contributed by atoms with Gasteiger partial charge in [-0.15, -0.1) is 12.8 Å². The average molecular weight is 391 g/mol. The van der Waals surface area contributed by atoms with Crippen LogP contribution >= 0.6 is 0 Å². The van der Waals surface area contributed by atoms with E-state index in [4.69, 9.17) is 22.3 Å². The molecule has 1 aromatic rings. The average Bonchev–Trinajstić information content (AvgIpc) is 2.70. The van der Waals surface area contributed by atoms with Crippen LogP contribution < -0.4 is 9.47 Å². The van der Waals surface area contributed by atoms with Gasteiger partial charge in [-0.05, 0) is 63.1 Å². The Bertz CT molecular complexity index is 777. The van der Waals surface area contributed by atoms with Crippen LogP contribution in [0.5, 0.6) is 11.5 Å². The zero-order valence-corrected chi connectivity index (χ0v) is 18.2. The summed E-state index contributed by atoms with van der Waals surface area (Å²) >= 11 is 0. The minimum atomic E-state index is 0.145. The second-order valence-corrected chi connectivity index (χ2v) is 7.98. The molecule has 2 nitrogen and oxygen atoms in total. The number of rotatable bonds is 10. The Hall–Kier alpha value is -2.58. The van der Waals surface area contributed by atoms with Crippen LogP contribution in [0.2, 0.25) is 0 Å². The maximum absolute atomic E-state index is 6.04. The standard InChI is InChI=1S/C27H34O2/c1-7-10-11-12-22-18-25(28-15-8-2)27(26(19-22)29-16-9-3)24-17-21(6)13-14-23(24)20(4)5/h2-3,17-19,23-24H,4,7,10-16H2,1,5-6H3/t23-,24+/m0/s1. The lowest BCUT2D eigenvalue weighted by Crippen LogP contribution is -2.19. The highest BCUT2D eigenvalue weighted by Gasteiger charge is 2.31. The maximum Gasteiger partial charge on any atom is 0.148 e. The van der Waals surface area contributed by atoms with E-state index in [9.17, 15) is 0 Å². The van der Waals surface area contributed by atoms with Gasteiger partial charge in [0.2, 0.25) is 0 Å². The van der Waals surface area contributed by atoms with Crippen LogP contribution in [0, 0.1) is 30.6 Å². The molecule has 0 fully saturated rings. The fourth-order valence-corrected chi connectivity index (χ4v) is 4.09. The Kier molecular flexibility index (Phi) is 8.95. The largest absolute Gasteiger partial charge is 0.480 e. The van der Waals surface area contributed by atoms with E-state index in [1.807, 2.05) is 0 Å². The number of terminal acetylenes is 2. The van der Waals surface area contributed by atoms with Crippen molar-refractivity contribution < 1.29 is 9.47 Å². The second-order valence-electron chi connectivity index (χ2n) is 7.98. The third-order valence-corrected chi connectivity index (χ3v) is 5.57. The van der Waals surface area contributed by atoms with Gasteiger partial charge < -0.3 is 9.47 Å². The van der Waals surface area contributed by atoms with Crippen molar-refractivity contribution in [1.82, 2.24) is 0 Å². The molecule has 1 aromatic carbocycles. The van der Waals surface area contributed by atoms with Gasteiger partial charge >= 0.3 is 0 Å². The highest BCUT2D eigenvalue weighted by Crippen LogP contribution is 2.47. The van der Waals surface area contributed by atoms with Crippen molar-refractivity contribution >= 4 is 0 Å². The first kappa shape index (κ1) is 22.7. The summed E-state index contributed by atoms with van der Waals surface area (Å²) in [6.45, 7) is 11.2. The highest BCUT2D eigenvalue weighted by molar-refractivity contribution is 5.53. The van der Waals surface area contributed by atoms with Crippen molar-refractivity contribution in [3.63, 3.8) is 0 Å². The van der Waals surface area contributed by atoms with Gasteiger partial charge in [0, 0.05) is 11.5 Å². The van der Waals surface area contributed by atoms with Crippen molar-refractivity contribution in [1.29, 1.82) is 0 Å². The van der Waals surface area contributed by atoms with E-state index in [2.05, 4.69) is 57.4 Å². The van der Waals surface area contributed by atoms with Crippen LogP contribution in [0.4, 0.5) is 0 Å². The summed E-state index contributed by atoms with van der Waals surface area (Å²) in [5.41, 5.74) is 4.80. The number of hydrogen-bond acceptors (Lipinski definition) is 2. The summed E-state index contributed by atoms with van der Waals surface area (Å²) in [6, 6.07) is 4.27. The van der Waals surface area contributed by atoms with Crippen molar-refractivity contribution in [2.45, 2.75) is 65.2 Å². The van der Waals surface area contributed by atoms with E-state index < -0.39 is 0 Å². The zero-order chi connectivity index (χ0) is 21.2. The summed E-state index contributed by atoms with van der Waals surface area (Å²) in [7, 11) is 0. The molecule has 0 aromatic heterocycles. The maximum atomic E-state index is 6.04. The van der Waals surface area contributed by atoms with Crippen molar-refractivity contribution in [2.24, 2.45) is 5.92 Å². The molecular weight excluding hydrogens is 356 g/mol. The number of aryl methyl sites for hydroxylation is 1. The summed E-state index contributed by atoms with van der Waals surface area (Å²) in [5.74, 6) is 7.30. The smallest absolute Gasteiger partial charge is 0.148 e. The minimum Gasteiger partial charge on any atom is -0.480 e. The SMILES string of the molecule is C#CCOc1cc(CCCCC)cc(OCC#C)c1[C@@H]1C=C(C)CC[C@H]1C(=C)C. The molecule has 2 rings (SSSR count). The highest BCUT2D eigenvalue weighted by atomic mass is 16.5. The molecule has 0 radical (unpaired) electrons. The van der Waals surface area contributed by atoms with Gasteiger partial charge in [0.1, 0.15) is 24.7 Å². The van der Waals surface area contributed by atoms with E-state index in [1.54, 1.807) is 0 Å². The molecule has 154 valence electrons. The molecular formula is C27H34O2. The van der Waals surface area contributed by atoms with Crippen LogP contribution in [-0.2, 0) is 6.42 Å². The molecule has 2 heteroatoms. The third-order valence-electron chi connectivity index (χ3n) is 5.57. The van der Waals surface area contributed by atoms with E-state index in [1.165, 1.54) is 29.6 Å². The van der Waals surface area contributed by atoms with Crippen LogP contribution in [-0.4, -0.2) is 13.2 Å². The normalized spacial score (nSPS) is 18.3. The topological polar surface area (TPSA) is 18.5 Å². The second kappa shape index (κ2) is 11.4. The number of allylic oxidation sites excluding steroid dienone is 3. The van der Waals surface area contributed by atoms with Crippen LogP contribution in [0.1, 0.15) is 69.9 Å². The number of unbranched alkanes of at least 4 members (excludes halogenated alkanes) is 2. The zero-order valence-electron chi connectivity index (χ0n) is 18.2. The molecule has 0 spiro atoms. The van der Waals surface area contributed by atoms with Gasteiger partial charge in [-0.2, -0.15) is 0 Å². The molecule has 0 bridgehead atoms. The van der Waals surface area contributed by atoms with E-state index in [0.717, 1.165) is 42.7 Å². The summed E-state index contributed by atoms with van der Waals surface area (Å²) < 4.78 is 12.1. The summed E-state index contributed by atoms with van der Waals surface area (Å²) in [6.07, 6.45) is 20.0. The first-order valence-electron chi connectivity index (χ1n) is 10.6. The number of benzene rings is 1. The molecule has 0 amide bonds. The van der Waals surface area contributed by atoms with Gasteiger partial charge in [0.25, 0.3) is 0 Å². The molecule has 0 aliphatic heterocycles. The fourth-order valence-electron chi connectivity index (χ4n) is 4.09. The number of ether oxygens (including phenoxy) is 2. The van der Waals surface area contributed by atoms with E-state index >= 15 is 0 Å². The Balaban J connectivity index is 2.58. The Labute approximate surface area is 177 Å². The Morgan fingerprint density at radius 3 is 2.28 bits per heavy atom. The van der Waals surface area contributed by atoms with Crippen molar-refractivity contribution in [2.75, 3.05) is 13.2 Å². The minimum absolute atomic E-state index is 0.145. The first-order chi connectivity index (χ1) is 14.0. The van der Waals surface area contributed by atoms with Crippen molar-refractivity contribution in [3.8, 4) is 36.2 Å². The van der Waals surface area contributed by atoms with Gasteiger partial charge in [-0.1, -0.05) is 55.4 Å². The molecule has 0 heterocycles. The quantitative estimate of drug-likeness (QED) is 0.259. The molecule has 0 saturated heterocycles. The van der Waals surface area contributed by atoms with Gasteiger partial charge in [0.05, 0.1) is 0 Å². The molecule has 0 saturated carbocycles. The molecule has 1 aliphatic carbocycles. The van der Waals surface area contributed by atoms with Crippen molar-refractivity contribution in [3.05, 3.63) is 47.1 Å². The lowest BCUT2D eigenvalue weighted by Gasteiger charge is -2.32. The fraction of sp³-hybridized carbons (Fsp3) is 0.481. The predicted molar refractivity (Wildman–Crippen MR) is 122 cm³/mol. The lowest BCUT2D eigenvalue weighted by molar-refractivity contribution is 0.333. The first-order valence-corrected chi connectivity index (χ1v) is 10.6. The van der Waals surface area contributed by atoms with Gasteiger partial charge in [0.15, 0.2) is 0 Å². The molecule has 2 atom stereocenters. The van der Waals surface area contributed by atoms with Crippen LogP contribution in [0.25, 0.3) is 0 Å². The van der Waals surface area contributed by atoms with Crippen LogP contribution in [0.15, 0.2) is 35.9 Å². The Morgan fingerprint density at radius 2 is 1.76 bits per heavy atom.